The number of ether oxygens (including phenoxy) is 2. The van der Waals surface area contributed by atoms with Gasteiger partial charge >= 0.3 is 0 Å². The van der Waals surface area contributed by atoms with Crippen molar-refractivity contribution >= 4 is 43.1 Å². The van der Waals surface area contributed by atoms with Crippen molar-refractivity contribution in [2.24, 2.45) is 0 Å². The summed E-state index contributed by atoms with van der Waals surface area (Å²) in [7, 11) is 0. The maximum absolute atomic E-state index is 6.67. The van der Waals surface area contributed by atoms with E-state index in [1.165, 1.54) is 43.8 Å². The molecule has 9 aromatic carbocycles. The van der Waals surface area contributed by atoms with E-state index in [1.807, 2.05) is 12.1 Å². The highest BCUT2D eigenvalue weighted by Crippen LogP contribution is 2.53. The standard InChI is InChI=1S/C46H28O2/c1-2-12-30(13-3-1)43-35-16-6-8-18-37(35)44(38-19-9-7-17-36(38)43)31-24-22-29(23-25-31)32-26-27-41-42(28-32)48-46-40-21-11-5-15-34(40)33-14-4-10-20-39(33)45(46)47-41/h1-28H. The van der Waals surface area contributed by atoms with E-state index in [1.54, 1.807) is 0 Å². The minimum atomic E-state index is 0.720. The van der Waals surface area contributed by atoms with Crippen LogP contribution in [0.1, 0.15) is 0 Å². The maximum Gasteiger partial charge on any atom is 0.178 e. The molecule has 48 heavy (non-hydrogen) atoms. The molecule has 0 spiro atoms. The van der Waals surface area contributed by atoms with Gasteiger partial charge in [-0.15, -0.1) is 0 Å². The van der Waals surface area contributed by atoms with Crippen molar-refractivity contribution in [1.29, 1.82) is 0 Å². The number of benzene rings is 9. The first kappa shape index (κ1) is 26.8. The first-order valence-electron chi connectivity index (χ1n) is 16.3. The smallest absolute Gasteiger partial charge is 0.178 e. The molecule has 10 rings (SSSR count). The maximum atomic E-state index is 6.67. The van der Waals surface area contributed by atoms with Gasteiger partial charge in [-0.2, -0.15) is 0 Å². The zero-order chi connectivity index (χ0) is 31.6. The van der Waals surface area contributed by atoms with Gasteiger partial charge < -0.3 is 9.47 Å². The van der Waals surface area contributed by atoms with E-state index in [0.29, 0.717) is 0 Å². The molecule has 0 bridgehead atoms. The molecular weight excluding hydrogens is 585 g/mol. The Kier molecular flexibility index (Phi) is 5.91. The minimum Gasteiger partial charge on any atom is -0.449 e. The molecule has 1 heterocycles. The molecule has 0 atom stereocenters. The van der Waals surface area contributed by atoms with E-state index in [0.717, 1.165) is 55.7 Å². The van der Waals surface area contributed by atoms with Crippen molar-refractivity contribution in [3.05, 3.63) is 170 Å². The quantitative estimate of drug-likeness (QED) is 0.146. The Hall–Kier alpha value is -6.38. The Bertz CT molecular complexity index is 2650. The molecule has 1 aliphatic rings. The van der Waals surface area contributed by atoms with Crippen LogP contribution in [0, 0.1) is 0 Å². The Labute approximate surface area is 278 Å². The van der Waals surface area contributed by atoms with E-state index in [4.69, 9.17) is 9.47 Å². The fourth-order valence-electron chi connectivity index (χ4n) is 7.54. The van der Waals surface area contributed by atoms with Gasteiger partial charge in [-0.05, 0) is 77.8 Å². The Morgan fingerprint density at radius 3 is 1.15 bits per heavy atom. The summed E-state index contributed by atoms with van der Waals surface area (Å²) in [6.07, 6.45) is 0. The highest BCUT2D eigenvalue weighted by Gasteiger charge is 2.25. The van der Waals surface area contributed by atoms with Crippen molar-refractivity contribution < 1.29 is 9.47 Å². The third kappa shape index (κ3) is 4.06. The summed E-state index contributed by atoms with van der Waals surface area (Å²) >= 11 is 0. The van der Waals surface area contributed by atoms with Gasteiger partial charge in [-0.1, -0.05) is 158 Å². The molecule has 0 aromatic heterocycles. The lowest BCUT2D eigenvalue weighted by Gasteiger charge is -2.24. The second-order valence-corrected chi connectivity index (χ2v) is 12.4. The summed E-state index contributed by atoms with van der Waals surface area (Å²) in [5.74, 6) is 2.98. The molecule has 0 fully saturated rings. The van der Waals surface area contributed by atoms with Crippen LogP contribution in [-0.2, 0) is 0 Å². The average Bonchev–Trinajstić information content (AvgIpc) is 3.16. The van der Waals surface area contributed by atoms with Gasteiger partial charge in [0.05, 0.1) is 0 Å². The lowest BCUT2D eigenvalue weighted by Crippen LogP contribution is -2.01. The van der Waals surface area contributed by atoms with Crippen LogP contribution in [0.3, 0.4) is 0 Å². The van der Waals surface area contributed by atoms with Gasteiger partial charge in [0.2, 0.25) is 0 Å². The van der Waals surface area contributed by atoms with Crippen LogP contribution in [0.15, 0.2) is 170 Å². The predicted molar refractivity (Wildman–Crippen MR) is 199 cm³/mol. The Balaban J connectivity index is 1.07. The van der Waals surface area contributed by atoms with Gasteiger partial charge in [0, 0.05) is 10.8 Å². The van der Waals surface area contributed by atoms with Crippen LogP contribution in [0.4, 0.5) is 0 Å². The van der Waals surface area contributed by atoms with Gasteiger partial charge in [0.25, 0.3) is 0 Å². The topological polar surface area (TPSA) is 18.5 Å². The van der Waals surface area contributed by atoms with Crippen molar-refractivity contribution in [3.8, 4) is 56.4 Å². The molecule has 2 nitrogen and oxygen atoms in total. The zero-order valence-electron chi connectivity index (χ0n) is 26.0. The second-order valence-electron chi connectivity index (χ2n) is 12.4. The SMILES string of the molecule is c1ccc(-c2c3ccccc3c(-c3ccc(-c4ccc5c(c4)Oc4c(c6ccccc6c6ccccc46)O5)cc3)c3ccccc23)cc1. The fraction of sp³-hybridized carbons (Fsp3) is 0. The molecule has 0 radical (unpaired) electrons. The lowest BCUT2D eigenvalue weighted by molar-refractivity contribution is 0.367. The van der Waals surface area contributed by atoms with Crippen LogP contribution in [-0.4, -0.2) is 0 Å². The van der Waals surface area contributed by atoms with Crippen LogP contribution >= 0.6 is 0 Å². The minimum absolute atomic E-state index is 0.720. The monoisotopic (exact) mass is 612 g/mol. The summed E-state index contributed by atoms with van der Waals surface area (Å²) in [5.41, 5.74) is 7.15. The van der Waals surface area contributed by atoms with Gasteiger partial charge in [-0.3, -0.25) is 0 Å². The van der Waals surface area contributed by atoms with Crippen LogP contribution in [0.5, 0.6) is 23.0 Å². The van der Waals surface area contributed by atoms with E-state index in [2.05, 4.69) is 158 Å². The van der Waals surface area contributed by atoms with E-state index in [-0.39, 0.29) is 0 Å². The van der Waals surface area contributed by atoms with Crippen LogP contribution < -0.4 is 9.47 Å². The molecular formula is C46H28O2. The summed E-state index contributed by atoms with van der Waals surface area (Å²) in [5, 5.41) is 9.43. The number of hydrogen-bond acceptors (Lipinski definition) is 2. The van der Waals surface area contributed by atoms with Crippen LogP contribution in [0.25, 0.3) is 76.5 Å². The highest BCUT2D eigenvalue weighted by atomic mass is 16.6. The van der Waals surface area contributed by atoms with Gasteiger partial charge in [0.1, 0.15) is 0 Å². The lowest BCUT2D eigenvalue weighted by atomic mass is 9.86. The molecule has 0 aliphatic carbocycles. The molecule has 0 saturated heterocycles. The third-order valence-corrected chi connectivity index (χ3v) is 9.71. The highest BCUT2D eigenvalue weighted by molar-refractivity contribution is 6.21. The Morgan fingerprint density at radius 2 is 0.625 bits per heavy atom. The third-order valence-electron chi connectivity index (χ3n) is 9.71. The molecule has 1 aliphatic heterocycles. The summed E-state index contributed by atoms with van der Waals surface area (Å²) in [6.45, 7) is 0. The molecule has 0 unspecified atom stereocenters. The van der Waals surface area contributed by atoms with E-state index >= 15 is 0 Å². The first-order chi connectivity index (χ1) is 23.8. The number of hydrogen-bond donors (Lipinski definition) is 0. The summed E-state index contributed by atoms with van der Waals surface area (Å²) in [6, 6.07) is 60.2. The van der Waals surface area contributed by atoms with Crippen LogP contribution in [0.2, 0.25) is 0 Å². The molecule has 0 saturated carbocycles. The summed E-state index contributed by atoms with van der Waals surface area (Å²) < 4.78 is 13.2. The normalized spacial score (nSPS) is 12.1. The predicted octanol–water partition coefficient (Wildman–Crippen LogP) is 13.2. The zero-order valence-corrected chi connectivity index (χ0v) is 26.0. The van der Waals surface area contributed by atoms with Crippen molar-refractivity contribution in [2.75, 3.05) is 0 Å². The molecule has 2 heteroatoms. The molecule has 0 N–H and O–H groups in total. The van der Waals surface area contributed by atoms with E-state index < -0.39 is 0 Å². The van der Waals surface area contributed by atoms with Crippen molar-refractivity contribution in [2.45, 2.75) is 0 Å². The Morgan fingerprint density at radius 1 is 0.250 bits per heavy atom. The molecule has 224 valence electrons. The number of rotatable bonds is 3. The second kappa shape index (κ2) is 10.6. The molecule has 9 aromatic rings. The van der Waals surface area contributed by atoms with E-state index in [9.17, 15) is 0 Å². The molecule has 0 amide bonds. The van der Waals surface area contributed by atoms with Crippen molar-refractivity contribution in [1.82, 2.24) is 0 Å². The average molecular weight is 613 g/mol. The summed E-state index contributed by atoms with van der Waals surface area (Å²) in [4.78, 5) is 0. The van der Waals surface area contributed by atoms with Gasteiger partial charge in [0.15, 0.2) is 23.0 Å². The van der Waals surface area contributed by atoms with Crippen molar-refractivity contribution in [3.63, 3.8) is 0 Å². The fourth-order valence-corrected chi connectivity index (χ4v) is 7.54. The number of fused-ring (bicyclic) bond motifs is 9. The largest absolute Gasteiger partial charge is 0.449 e. The first-order valence-corrected chi connectivity index (χ1v) is 16.3. The van der Waals surface area contributed by atoms with Gasteiger partial charge in [-0.25, -0.2) is 0 Å².